The van der Waals surface area contributed by atoms with Crippen LogP contribution in [0.1, 0.15) is 47.7 Å². The number of anilines is 1. The second-order valence-corrected chi connectivity index (χ2v) is 10.8. The van der Waals surface area contributed by atoms with Crippen LogP contribution in [0, 0.1) is 13.8 Å². The van der Waals surface area contributed by atoms with Crippen molar-refractivity contribution in [1.29, 1.82) is 0 Å². The second kappa shape index (κ2) is 8.09. The first-order valence-electron chi connectivity index (χ1n) is 10.1. The van der Waals surface area contributed by atoms with Gasteiger partial charge in [0.2, 0.25) is 10.0 Å². The number of carbonyl (C=O) groups is 1. The number of hydrogen-bond donors (Lipinski definition) is 1. The molecular formula is C22H25N3O3S2. The lowest BCUT2D eigenvalue weighted by atomic mass is 10.1. The van der Waals surface area contributed by atoms with E-state index in [1.54, 1.807) is 16.4 Å². The third-order valence-corrected chi connectivity index (χ3v) is 8.66. The molecule has 30 heavy (non-hydrogen) atoms. The number of aryl methyl sites for hydroxylation is 2. The van der Waals surface area contributed by atoms with Gasteiger partial charge in [-0.2, -0.15) is 4.31 Å². The Kier molecular flexibility index (Phi) is 5.65. The van der Waals surface area contributed by atoms with E-state index >= 15 is 0 Å². The molecule has 1 atom stereocenters. The first-order chi connectivity index (χ1) is 14.3. The lowest BCUT2D eigenvalue weighted by Gasteiger charge is -2.32. The molecule has 1 amide bonds. The topological polar surface area (TPSA) is 79.4 Å². The van der Waals surface area contributed by atoms with Crippen LogP contribution in [0.3, 0.4) is 0 Å². The van der Waals surface area contributed by atoms with Crippen LogP contribution in [0.2, 0.25) is 0 Å². The third kappa shape index (κ3) is 3.99. The van der Waals surface area contributed by atoms with Crippen molar-refractivity contribution in [1.82, 2.24) is 9.29 Å². The molecule has 0 radical (unpaired) electrons. The molecule has 4 rings (SSSR count). The average Bonchev–Trinajstić information content (AvgIpc) is 3.11. The van der Waals surface area contributed by atoms with E-state index in [1.807, 2.05) is 26.8 Å². The molecular weight excluding hydrogens is 418 g/mol. The zero-order valence-electron chi connectivity index (χ0n) is 17.3. The summed E-state index contributed by atoms with van der Waals surface area (Å²) in [6, 6.07) is 10.2. The number of amides is 1. The van der Waals surface area contributed by atoms with Crippen molar-refractivity contribution >= 4 is 42.6 Å². The van der Waals surface area contributed by atoms with E-state index in [0.717, 1.165) is 40.6 Å². The van der Waals surface area contributed by atoms with Gasteiger partial charge in [0.05, 0.1) is 15.1 Å². The largest absolute Gasteiger partial charge is 0.298 e. The number of benzene rings is 2. The third-order valence-electron chi connectivity index (χ3n) is 5.51. The van der Waals surface area contributed by atoms with E-state index in [9.17, 15) is 13.2 Å². The molecule has 0 bridgehead atoms. The number of piperidine rings is 1. The van der Waals surface area contributed by atoms with Gasteiger partial charge in [-0.1, -0.05) is 23.8 Å². The molecule has 6 nitrogen and oxygen atoms in total. The van der Waals surface area contributed by atoms with Crippen LogP contribution < -0.4 is 5.32 Å². The molecule has 1 fully saturated rings. The molecule has 2 heterocycles. The highest BCUT2D eigenvalue weighted by Crippen LogP contribution is 2.30. The van der Waals surface area contributed by atoms with Gasteiger partial charge in [-0.25, -0.2) is 13.4 Å². The van der Waals surface area contributed by atoms with E-state index in [1.165, 1.54) is 23.5 Å². The number of rotatable bonds is 4. The van der Waals surface area contributed by atoms with Crippen LogP contribution in [0.4, 0.5) is 5.13 Å². The van der Waals surface area contributed by atoms with Crippen LogP contribution in [-0.4, -0.2) is 36.2 Å². The molecule has 1 aliphatic heterocycles. The van der Waals surface area contributed by atoms with Crippen molar-refractivity contribution in [2.75, 3.05) is 11.9 Å². The maximum atomic E-state index is 12.9. The Labute approximate surface area is 181 Å². The standard InChI is InChI=1S/C22H25N3O3S2/c1-14-12-15(2)20-19(13-14)23-22(29-20)24-21(26)17-7-9-18(10-8-17)30(27,28)25-11-5-4-6-16(25)3/h7-10,12-13,16H,4-6,11H2,1-3H3,(H,23,24,26)/t16-/m0/s1. The normalized spacial score (nSPS) is 17.9. The Bertz CT molecular complexity index is 1200. The minimum absolute atomic E-state index is 0.00199. The highest BCUT2D eigenvalue weighted by molar-refractivity contribution is 7.89. The van der Waals surface area contributed by atoms with Crippen molar-refractivity contribution in [3.8, 4) is 0 Å². The Morgan fingerprint density at radius 2 is 1.90 bits per heavy atom. The molecule has 1 N–H and O–H groups in total. The fourth-order valence-corrected chi connectivity index (χ4v) is 6.55. The number of hydrogen-bond acceptors (Lipinski definition) is 5. The number of carbonyl (C=O) groups excluding carboxylic acids is 1. The Morgan fingerprint density at radius 1 is 1.17 bits per heavy atom. The molecule has 8 heteroatoms. The number of nitrogens with one attached hydrogen (secondary N) is 1. The molecule has 1 saturated heterocycles. The lowest BCUT2D eigenvalue weighted by molar-refractivity contribution is 0.102. The van der Waals surface area contributed by atoms with Crippen molar-refractivity contribution in [3.05, 3.63) is 53.1 Å². The number of aromatic nitrogens is 1. The summed E-state index contributed by atoms with van der Waals surface area (Å²) in [5, 5.41) is 3.36. The Hall–Kier alpha value is -2.29. The lowest BCUT2D eigenvalue weighted by Crippen LogP contribution is -2.41. The van der Waals surface area contributed by atoms with Gasteiger partial charge in [-0.3, -0.25) is 10.1 Å². The number of nitrogens with zero attached hydrogens (tertiary/aromatic N) is 2. The summed E-state index contributed by atoms with van der Waals surface area (Å²) in [6.07, 6.45) is 2.81. The summed E-state index contributed by atoms with van der Waals surface area (Å²) in [7, 11) is -3.55. The summed E-state index contributed by atoms with van der Waals surface area (Å²) in [4.78, 5) is 17.4. The fraction of sp³-hybridized carbons (Fsp3) is 0.364. The summed E-state index contributed by atoms with van der Waals surface area (Å²) in [5.74, 6) is -0.307. The summed E-state index contributed by atoms with van der Waals surface area (Å²) >= 11 is 1.44. The summed E-state index contributed by atoms with van der Waals surface area (Å²) in [6.45, 7) is 6.54. The zero-order valence-corrected chi connectivity index (χ0v) is 18.9. The van der Waals surface area contributed by atoms with Gasteiger partial charge in [-0.05, 0) is 75.1 Å². The van der Waals surface area contributed by atoms with Crippen LogP contribution in [0.15, 0.2) is 41.3 Å². The van der Waals surface area contributed by atoms with E-state index in [-0.39, 0.29) is 16.8 Å². The fourth-order valence-electron chi connectivity index (χ4n) is 3.94. The van der Waals surface area contributed by atoms with Crippen LogP contribution >= 0.6 is 11.3 Å². The second-order valence-electron chi connectivity index (χ2n) is 7.89. The van der Waals surface area contributed by atoms with Gasteiger partial charge in [-0.15, -0.1) is 0 Å². The molecule has 1 aromatic heterocycles. The highest BCUT2D eigenvalue weighted by Gasteiger charge is 2.30. The summed E-state index contributed by atoms with van der Waals surface area (Å²) in [5.41, 5.74) is 3.52. The quantitative estimate of drug-likeness (QED) is 0.632. The monoisotopic (exact) mass is 443 g/mol. The number of thiazole rings is 1. The van der Waals surface area contributed by atoms with E-state index in [4.69, 9.17) is 0 Å². The average molecular weight is 444 g/mol. The predicted octanol–water partition coefficient (Wildman–Crippen LogP) is 4.73. The SMILES string of the molecule is Cc1cc(C)c2sc(NC(=O)c3ccc(S(=O)(=O)N4CCCC[C@@H]4C)cc3)nc2c1. The minimum Gasteiger partial charge on any atom is -0.298 e. The number of fused-ring (bicyclic) bond motifs is 1. The first kappa shape index (κ1) is 21.0. The zero-order chi connectivity index (χ0) is 21.5. The molecule has 0 spiro atoms. The van der Waals surface area contributed by atoms with Crippen LogP contribution in [0.25, 0.3) is 10.2 Å². The van der Waals surface area contributed by atoms with Gasteiger partial charge < -0.3 is 0 Å². The molecule has 0 saturated carbocycles. The maximum Gasteiger partial charge on any atom is 0.257 e. The van der Waals surface area contributed by atoms with Crippen LogP contribution in [0.5, 0.6) is 0 Å². The van der Waals surface area contributed by atoms with Gasteiger partial charge in [0, 0.05) is 18.2 Å². The molecule has 2 aromatic carbocycles. The Morgan fingerprint density at radius 3 is 2.60 bits per heavy atom. The van der Waals surface area contributed by atoms with Crippen molar-refractivity contribution in [2.45, 2.75) is 51.0 Å². The van der Waals surface area contributed by atoms with Crippen LogP contribution in [-0.2, 0) is 10.0 Å². The molecule has 0 aliphatic carbocycles. The Balaban J connectivity index is 1.52. The molecule has 0 unspecified atom stereocenters. The molecule has 3 aromatic rings. The first-order valence-corrected chi connectivity index (χ1v) is 12.3. The van der Waals surface area contributed by atoms with Crippen molar-refractivity contribution in [3.63, 3.8) is 0 Å². The highest BCUT2D eigenvalue weighted by atomic mass is 32.2. The predicted molar refractivity (Wildman–Crippen MR) is 121 cm³/mol. The minimum atomic E-state index is -3.55. The molecule has 1 aliphatic rings. The van der Waals surface area contributed by atoms with Gasteiger partial charge in [0.15, 0.2) is 5.13 Å². The smallest absolute Gasteiger partial charge is 0.257 e. The van der Waals surface area contributed by atoms with Gasteiger partial charge >= 0.3 is 0 Å². The van der Waals surface area contributed by atoms with E-state index < -0.39 is 10.0 Å². The van der Waals surface area contributed by atoms with E-state index in [2.05, 4.69) is 16.4 Å². The molecule has 158 valence electrons. The summed E-state index contributed by atoms with van der Waals surface area (Å²) < 4.78 is 28.5. The van der Waals surface area contributed by atoms with E-state index in [0.29, 0.717) is 17.2 Å². The van der Waals surface area contributed by atoms with Gasteiger partial charge in [0.25, 0.3) is 5.91 Å². The number of sulfonamides is 1. The maximum absolute atomic E-state index is 12.9. The van der Waals surface area contributed by atoms with Crippen molar-refractivity contribution in [2.24, 2.45) is 0 Å². The van der Waals surface area contributed by atoms with Gasteiger partial charge in [0.1, 0.15) is 0 Å². The van der Waals surface area contributed by atoms with Crippen molar-refractivity contribution < 1.29 is 13.2 Å².